The second-order valence-electron chi connectivity index (χ2n) is 7.95. The van der Waals surface area contributed by atoms with E-state index in [1.54, 1.807) is 11.3 Å². The highest BCUT2D eigenvalue weighted by Gasteiger charge is 2.27. The number of thiazole rings is 1. The molecule has 4 rings (SSSR count). The second-order valence-corrected chi connectivity index (χ2v) is 9.72. The van der Waals surface area contributed by atoms with Gasteiger partial charge in [-0.2, -0.15) is 0 Å². The lowest BCUT2D eigenvalue weighted by Crippen LogP contribution is -2.51. The zero-order valence-electron chi connectivity index (χ0n) is 16.5. The van der Waals surface area contributed by atoms with Crippen LogP contribution in [0.4, 0.5) is 0 Å². The van der Waals surface area contributed by atoms with E-state index in [9.17, 15) is 9.59 Å². The molecular formula is C22H26BrN3O2S. The molecule has 1 saturated heterocycles. The van der Waals surface area contributed by atoms with Crippen molar-refractivity contribution in [2.75, 3.05) is 26.2 Å². The van der Waals surface area contributed by atoms with Crippen LogP contribution in [0.3, 0.4) is 0 Å². The molecule has 154 valence electrons. The van der Waals surface area contributed by atoms with Gasteiger partial charge in [-0.1, -0.05) is 40.9 Å². The summed E-state index contributed by atoms with van der Waals surface area (Å²) in [5, 5.41) is 2.90. The number of piperazine rings is 1. The Bertz CT molecular complexity index is 870. The van der Waals surface area contributed by atoms with E-state index in [1.807, 2.05) is 39.4 Å². The monoisotopic (exact) mass is 475 g/mol. The van der Waals surface area contributed by atoms with Crippen LogP contribution >= 0.6 is 27.3 Å². The van der Waals surface area contributed by atoms with E-state index in [0.717, 1.165) is 20.7 Å². The van der Waals surface area contributed by atoms with Crippen LogP contribution in [0.1, 0.15) is 37.8 Å². The van der Waals surface area contributed by atoms with Crippen molar-refractivity contribution in [3.63, 3.8) is 0 Å². The summed E-state index contributed by atoms with van der Waals surface area (Å²) < 4.78 is 1.02. The van der Waals surface area contributed by atoms with Gasteiger partial charge in [-0.15, -0.1) is 11.3 Å². The number of aromatic nitrogens is 1. The maximum atomic E-state index is 12.7. The predicted octanol–water partition coefficient (Wildman–Crippen LogP) is 4.37. The number of benzene rings is 1. The molecule has 2 fully saturated rings. The molecule has 0 unspecified atom stereocenters. The molecule has 2 heterocycles. The normalized spacial score (nSPS) is 17.7. The van der Waals surface area contributed by atoms with Gasteiger partial charge in [-0.3, -0.25) is 9.59 Å². The minimum Gasteiger partial charge on any atom is -0.339 e. The van der Waals surface area contributed by atoms with Crippen molar-refractivity contribution in [1.29, 1.82) is 0 Å². The highest BCUT2D eigenvalue weighted by Crippen LogP contribution is 2.28. The van der Waals surface area contributed by atoms with Crippen molar-refractivity contribution in [3.05, 3.63) is 39.8 Å². The fourth-order valence-corrected chi connectivity index (χ4v) is 5.42. The smallest absolute Gasteiger partial charge is 0.228 e. The first-order valence-corrected chi connectivity index (χ1v) is 12.0. The van der Waals surface area contributed by atoms with Gasteiger partial charge in [0.25, 0.3) is 0 Å². The number of hydrogen-bond donors (Lipinski definition) is 0. The quantitative estimate of drug-likeness (QED) is 0.644. The van der Waals surface area contributed by atoms with Crippen LogP contribution in [0.25, 0.3) is 10.6 Å². The molecule has 7 heteroatoms. The molecule has 2 amide bonds. The number of carbonyl (C=O) groups excluding carboxylic acids is 2. The molecule has 0 spiro atoms. The summed E-state index contributed by atoms with van der Waals surface area (Å²) in [6.45, 7) is 2.55. The van der Waals surface area contributed by atoms with Gasteiger partial charge in [0.05, 0.1) is 12.1 Å². The molecule has 0 N–H and O–H groups in total. The van der Waals surface area contributed by atoms with Gasteiger partial charge in [0.2, 0.25) is 11.8 Å². The van der Waals surface area contributed by atoms with Crippen LogP contribution in [0.5, 0.6) is 0 Å². The lowest BCUT2D eigenvalue weighted by molar-refractivity contribution is -0.139. The molecular weight excluding hydrogens is 450 g/mol. The van der Waals surface area contributed by atoms with Crippen molar-refractivity contribution in [2.45, 2.75) is 38.5 Å². The van der Waals surface area contributed by atoms with E-state index >= 15 is 0 Å². The summed E-state index contributed by atoms with van der Waals surface area (Å²) in [6, 6.07) is 8.03. The number of rotatable bonds is 5. The Balaban J connectivity index is 1.27. The third kappa shape index (κ3) is 5.25. The number of halogens is 1. The van der Waals surface area contributed by atoms with Gasteiger partial charge in [0.1, 0.15) is 5.01 Å². The number of amides is 2. The minimum absolute atomic E-state index is 0.0963. The highest BCUT2D eigenvalue weighted by atomic mass is 79.9. The molecule has 1 aliphatic carbocycles. The maximum Gasteiger partial charge on any atom is 0.228 e. The van der Waals surface area contributed by atoms with Crippen molar-refractivity contribution < 1.29 is 9.59 Å². The highest BCUT2D eigenvalue weighted by molar-refractivity contribution is 9.10. The first kappa shape index (κ1) is 20.5. The third-order valence-corrected chi connectivity index (χ3v) is 7.31. The summed E-state index contributed by atoms with van der Waals surface area (Å²) in [4.78, 5) is 33.7. The van der Waals surface area contributed by atoms with Crippen LogP contribution in [0, 0.1) is 5.92 Å². The number of hydrogen-bond acceptors (Lipinski definition) is 4. The van der Waals surface area contributed by atoms with Crippen LogP contribution in [-0.4, -0.2) is 52.8 Å². The van der Waals surface area contributed by atoms with Crippen molar-refractivity contribution >= 4 is 39.1 Å². The van der Waals surface area contributed by atoms with Gasteiger partial charge in [-0.05, 0) is 30.9 Å². The Labute approximate surface area is 184 Å². The summed E-state index contributed by atoms with van der Waals surface area (Å²) in [5.74, 6) is 0.937. The minimum atomic E-state index is 0.0963. The zero-order valence-corrected chi connectivity index (χ0v) is 18.9. The van der Waals surface area contributed by atoms with E-state index in [2.05, 4.69) is 20.9 Å². The lowest BCUT2D eigenvalue weighted by Gasteiger charge is -2.35. The van der Waals surface area contributed by atoms with Gasteiger partial charge < -0.3 is 9.80 Å². The Morgan fingerprint density at radius 3 is 2.45 bits per heavy atom. The van der Waals surface area contributed by atoms with Crippen molar-refractivity contribution in [2.24, 2.45) is 5.92 Å². The number of carbonyl (C=O) groups is 2. The topological polar surface area (TPSA) is 53.5 Å². The second kappa shape index (κ2) is 9.39. The van der Waals surface area contributed by atoms with E-state index in [-0.39, 0.29) is 11.8 Å². The molecule has 0 atom stereocenters. The summed E-state index contributed by atoms with van der Waals surface area (Å²) >= 11 is 5.05. The molecule has 29 heavy (non-hydrogen) atoms. The van der Waals surface area contributed by atoms with Crippen molar-refractivity contribution in [3.8, 4) is 10.6 Å². The fourth-order valence-electron chi connectivity index (χ4n) is 4.20. The average Bonchev–Trinajstić information content (AvgIpc) is 3.40. The zero-order chi connectivity index (χ0) is 20.2. The van der Waals surface area contributed by atoms with Gasteiger partial charge in [0, 0.05) is 48.0 Å². The first-order chi connectivity index (χ1) is 14.1. The lowest BCUT2D eigenvalue weighted by atomic mass is 10.0. The Hall–Kier alpha value is -1.73. The van der Waals surface area contributed by atoms with Gasteiger partial charge in [0.15, 0.2) is 0 Å². The molecule has 1 aromatic heterocycles. The molecule has 2 aliphatic rings. The summed E-state index contributed by atoms with van der Waals surface area (Å²) in [7, 11) is 0. The van der Waals surface area contributed by atoms with Crippen LogP contribution in [0.15, 0.2) is 34.1 Å². The van der Waals surface area contributed by atoms with E-state index in [4.69, 9.17) is 0 Å². The van der Waals surface area contributed by atoms with E-state index in [0.29, 0.717) is 44.9 Å². The third-order valence-electron chi connectivity index (χ3n) is 5.88. The molecule has 1 aromatic carbocycles. The van der Waals surface area contributed by atoms with E-state index in [1.165, 1.54) is 25.7 Å². The van der Waals surface area contributed by atoms with Crippen LogP contribution in [-0.2, 0) is 16.0 Å². The molecule has 2 aromatic rings. The maximum absolute atomic E-state index is 12.7. The van der Waals surface area contributed by atoms with Gasteiger partial charge >= 0.3 is 0 Å². The molecule has 5 nitrogen and oxygen atoms in total. The first-order valence-electron chi connectivity index (χ1n) is 10.3. The number of nitrogens with zero attached hydrogens (tertiary/aromatic N) is 3. The van der Waals surface area contributed by atoms with E-state index < -0.39 is 0 Å². The molecule has 0 bridgehead atoms. The standard InChI is InChI=1S/C22H26BrN3O2S/c23-18-7-3-6-17(13-18)22-24-19(15-29-22)14-21(28)26-10-8-25(9-11-26)20(27)12-16-4-1-2-5-16/h3,6-7,13,15-16H,1-2,4-5,8-12,14H2. The fraction of sp³-hybridized carbons (Fsp3) is 0.500. The summed E-state index contributed by atoms with van der Waals surface area (Å²) in [5.41, 5.74) is 1.87. The van der Waals surface area contributed by atoms with Crippen LogP contribution in [0.2, 0.25) is 0 Å². The molecule has 1 saturated carbocycles. The molecule has 0 radical (unpaired) electrons. The Morgan fingerprint density at radius 1 is 1.07 bits per heavy atom. The largest absolute Gasteiger partial charge is 0.339 e. The van der Waals surface area contributed by atoms with Gasteiger partial charge in [-0.25, -0.2) is 4.98 Å². The Morgan fingerprint density at radius 2 is 1.76 bits per heavy atom. The molecule has 1 aliphatic heterocycles. The van der Waals surface area contributed by atoms with Crippen LogP contribution < -0.4 is 0 Å². The SMILES string of the molecule is O=C(Cc1csc(-c2cccc(Br)c2)n1)N1CCN(C(=O)CC2CCCC2)CC1. The average molecular weight is 476 g/mol. The Kier molecular flexibility index (Phi) is 6.65. The predicted molar refractivity (Wildman–Crippen MR) is 119 cm³/mol. The van der Waals surface area contributed by atoms with Crippen molar-refractivity contribution in [1.82, 2.24) is 14.8 Å². The summed E-state index contributed by atoms with van der Waals surface area (Å²) in [6.07, 6.45) is 5.92.